The van der Waals surface area contributed by atoms with Crippen LogP contribution >= 0.6 is 11.6 Å². The number of hydrogen-bond acceptors (Lipinski definition) is 5. The molecule has 1 fully saturated rings. The molecule has 0 spiro atoms. The zero-order valence-corrected chi connectivity index (χ0v) is 17.6. The van der Waals surface area contributed by atoms with Crippen molar-refractivity contribution in [1.82, 2.24) is 0 Å². The number of nitrogens with zero attached hydrogens (tertiary/aromatic N) is 2. The van der Waals surface area contributed by atoms with E-state index in [1.165, 1.54) is 0 Å². The molecule has 2 atom stereocenters. The smallest absolute Gasteiger partial charge is 0.199 e. The van der Waals surface area contributed by atoms with Gasteiger partial charge in [0.1, 0.15) is 11.5 Å². The van der Waals surface area contributed by atoms with Crippen molar-refractivity contribution in [3.63, 3.8) is 0 Å². The van der Waals surface area contributed by atoms with Crippen molar-refractivity contribution in [2.24, 2.45) is 9.98 Å². The number of aliphatic imine (C=N–C) groups is 2. The highest BCUT2D eigenvalue weighted by Gasteiger charge is 2.48. The fourth-order valence-electron chi connectivity index (χ4n) is 3.81. The molecule has 2 aromatic rings. The van der Waals surface area contributed by atoms with Crippen molar-refractivity contribution in [3.8, 4) is 11.5 Å². The van der Waals surface area contributed by atoms with E-state index in [9.17, 15) is 0 Å². The second kappa shape index (κ2) is 7.90. The van der Waals surface area contributed by atoms with E-state index in [1.807, 2.05) is 56.3 Å². The number of aryl methyl sites for hydroxylation is 1. The molecule has 1 saturated heterocycles. The molecule has 2 unspecified atom stereocenters. The Morgan fingerprint density at radius 2 is 1.79 bits per heavy atom. The molecule has 0 amide bonds. The number of benzene rings is 2. The van der Waals surface area contributed by atoms with Crippen molar-refractivity contribution in [2.45, 2.75) is 51.2 Å². The standard InChI is InChI=1S/C23H25ClN2O3/c1-4-18-14-27-23(29-18,15-22(3)25-11-12-26-22)21-10-9-20(13-16(21)2)28-19-7-5-17(24)6-8-19/h5-13,18H,4,14-15H2,1-3H3. The summed E-state index contributed by atoms with van der Waals surface area (Å²) in [6.07, 6.45) is 4.92. The Kier molecular flexibility index (Phi) is 5.47. The number of ether oxygens (including phenoxy) is 3. The molecule has 0 aromatic heterocycles. The summed E-state index contributed by atoms with van der Waals surface area (Å²) in [6, 6.07) is 13.3. The molecule has 0 bridgehead atoms. The van der Waals surface area contributed by atoms with E-state index in [4.69, 9.17) is 25.8 Å². The van der Waals surface area contributed by atoms with Crippen molar-refractivity contribution < 1.29 is 14.2 Å². The van der Waals surface area contributed by atoms with Gasteiger partial charge in [-0.1, -0.05) is 18.5 Å². The Morgan fingerprint density at radius 3 is 2.41 bits per heavy atom. The third kappa shape index (κ3) is 4.22. The Bertz CT molecular complexity index is 930. The van der Waals surface area contributed by atoms with Gasteiger partial charge in [0.25, 0.3) is 0 Å². The van der Waals surface area contributed by atoms with E-state index < -0.39 is 11.4 Å². The summed E-state index contributed by atoms with van der Waals surface area (Å²) in [4.78, 5) is 9.04. The van der Waals surface area contributed by atoms with Crippen LogP contribution in [-0.2, 0) is 15.3 Å². The lowest BCUT2D eigenvalue weighted by atomic mass is 9.92. The third-order valence-electron chi connectivity index (χ3n) is 5.31. The van der Waals surface area contributed by atoms with Gasteiger partial charge in [-0.3, -0.25) is 9.98 Å². The van der Waals surface area contributed by atoms with Crippen molar-refractivity contribution in [3.05, 3.63) is 58.6 Å². The minimum atomic E-state index is -0.878. The fraction of sp³-hybridized carbons (Fsp3) is 0.391. The average molecular weight is 413 g/mol. The topological polar surface area (TPSA) is 52.4 Å². The summed E-state index contributed by atoms with van der Waals surface area (Å²) in [5.74, 6) is 0.604. The van der Waals surface area contributed by atoms with Gasteiger partial charge in [0.2, 0.25) is 0 Å². The maximum atomic E-state index is 6.44. The van der Waals surface area contributed by atoms with E-state index in [1.54, 1.807) is 12.4 Å². The highest BCUT2D eigenvalue weighted by molar-refractivity contribution is 6.30. The molecule has 29 heavy (non-hydrogen) atoms. The van der Waals surface area contributed by atoms with E-state index in [2.05, 4.69) is 16.9 Å². The molecule has 2 heterocycles. The first-order valence-electron chi connectivity index (χ1n) is 9.87. The van der Waals surface area contributed by atoms with E-state index in [0.717, 1.165) is 29.0 Å². The Balaban J connectivity index is 1.63. The quantitative estimate of drug-likeness (QED) is 0.613. The molecule has 4 rings (SSSR count). The summed E-state index contributed by atoms with van der Waals surface area (Å²) < 4.78 is 18.7. The summed E-state index contributed by atoms with van der Waals surface area (Å²) in [5.41, 5.74) is 1.42. The van der Waals surface area contributed by atoms with Gasteiger partial charge in [-0.05, 0) is 68.3 Å². The first-order chi connectivity index (χ1) is 13.9. The normalized spacial score (nSPS) is 24.9. The number of rotatable bonds is 6. The van der Waals surface area contributed by atoms with E-state index >= 15 is 0 Å². The lowest BCUT2D eigenvalue weighted by molar-refractivity contribution is -0.190. The summed E-state index contributed by atoms with van der Waals surface area (Å²) in [5, 5.41) is 0.678. The molecule has 6 heteroatoms. The van der Waals surface area contributed by atoms with Gasteiger partial charge in [0.05, 0.1) is 19.1 Å². The van der Waals surface area contributed by atoms with Crippen LogP contribution in [0.25, 0.3) is 0 Å². The first-order valence-corrected chi connectivity index (χ1v) is 10.2. The van der Waals surface area contributed by atoms with Gasteiger partial charge < -0.3 is 14.2 Å². The molecular formula is C23H25ClN2O3. The van der Waals surface area contributed by atoms with Gasteiger partial charge in [-0.25, -0.2) is 0 Å². The lowest BCUT2D eigenvalue weighted by Gasteiger charge is -2.34. The van der Waals surface area contributed by atoms with Gasteiger partial charge in [0, 0.05) is 23.0 Å². The predicted octanol–water partition coefficient (Wildman–Crippen LogP) is 5.68. The monoisotopic (exact) mass is 412 g/mol. The molecule has 2 aliphatic heterocycles. The van der Waals surface area contributed by atoms with Crippen LogP contribution in [0.4, 0.5) is 0 Å². The first kappa shape index (κ1) is 20.1. The minimum absolute atomic E-state index is 0.0531. The van der Waals surface area contributed by atoms with Crippen LogP contribution in [0, 0.1) is 6.92 Å². The summed E-state index contributed by atoms with van der Waals surface area (Å²) in [6.45, 7) is 6.70. The molecule has 5 nitrogen and oxygen atoms in total. The number of halogens is 1. The summed E-state index contributed by atoms with van der Waals surface area (Å²) in [7, 11) is 0. The molecule has 0 aliphatic carbocycles. The Hall–Kier alpha value is -2.21. The van der Waals surface area contributed by atoms with Crippen molar-refractivity contribution in [1.29, 1.82) is 0 Å². The molecule has 0 radical (unpaired) electrons. The molecule has 2 aromatic carbocycles. The maximum Gasteiger partial charge on any atom is 0.199 e. The Morgan fingerprint density at radius 1 is 1.10 bits per heavy atom. The van der Waals surface area contributed by atoms with E-state index in [0.29, 0.717) is 18.1 Å². The average Bonchev–Trinajstić information content (AvgIpc) is 3.30. The number of hydrogen-bond donors (Lipinski definition) is 0. The van der Waals surface area contributed by atoms with Crippen LogP contribution in [0.1, 0.15) is 37.8 Å². The molecular weight excluding hydrogens is 388 g/mol. The van der Waals surface area contributed by atoms with E-state index in [-0.39, 0.29) is 6.10 Å². The second-order valence-electron chi connectivity index (χ2n) is 7.69. The van der Waals surface area contributed by atoms with Crippen LogP contribution in [0.3, 0.4) is 0 Å². The molecule has 0 saturated carbocycles. The van der Waals surface area contributed by atoms with Crippen LogP contribution in [0.5, 0.6) is 11.5 Å². The van der Waals surface area contributed by atoms with Gasteiger partial charge in [0.15, 0.2) is 11.4 Å². The zero-order valence-electron chi connectivity index (χ0n) is 16.9. The molecule has 152 valence electrons. The highest BCUT2D eigenvalue weighted by atomic mass is 35.5. The van der Waals surface area contributed by atoms with Gasteiger partial charge in [-0.15, -0.1) is 0 Å². The van der Waals surface area contributed by atoms with Crippen LogP contribution in [0.15, 0.2) is 52.4 Å². The van der Waals surface area contributed by atoms with Crippen LogP contribution < -0.4 is 4.74 Å². The minimum Gasteiger partial charge on any atom is -0.457 e. The largest absolute Gasteiger partial charge is 0.457 e. The second-order valence-corrected chi connectivity index (χ2v) is 8.13. The molecule has 2 aliphatic rings. The summed E-state index contributed by atoms with van der Waals surface area (Å²) >= 11 is 5.95. The van der Waals surface area contributed by atoms with Crippen molar-refractivity contribution >= 4 is 24.0 Å². The van der Waals surface area contributed by atoms with Gasteiger partial charge >= 0.3 is 0 Å². The SMILES string of the molecule is CCC1COC(CC2(C)N=CC=N2)(c2ccc(Oc3ccc(Cl)cc3)cc2C)O1. The van der Waals surface area contributed by atoms with Gasteiger partial charge in [-0.2, -0.15) is 0 Å². The maximum absolute atomic E-state index is 6.44. The Labute approximate surface area is 176 Å². The lowest BCUT2D eigenvalue weighted by Crippen LogP contribution is -2.37. The third-order valence-corrected chi connectivity index (χ3v) is 5.56. The highest BCUT2D eigenvalue weighted by Crippen LogP contribution is 2.45. The van der Waals surface area contributed by atoms with Crippen LogP contribution in [0.2, 0.25) is 5.02 Å². The molecule has 0 N–H and O–H groups in total. The predicted molar refractivity (Wildman–Crippen MR) is 116 cm³/mol. The fourth-order valence-corrected chi connectivity index (χ4v) is 3.94. The zero-order chi connectivity index (χ0) is 20.5. The van der Waals surface area contributed by atoms with Crippen molar-refractivity contribution in [2.75, 3.05) is 6.61 Å². The van der Waals surface area contributed by atoms with Crippen LogP contribution in [-0.4, -0.2) is 30.8 Å².